The van der Waals surface area contributed by atoms with Crippen LogP contribution in [0.15, 0.2) is 47.6 Å². The van der Waals surface area contributed by atoms with Crippen molar-refractivity contribution in [3.05, 3.63) is 42.7 Å². The highest BCUT2D eigenvalue weighted by molar-refractivity contribution is 8.00. The monoisotopic (exact) mass is 347 g/mol. The van der Waals surface area contributed by atoms with E-state index in [-0.39, 0.29) is 11.2 Å². The highest BCUT2D eigenvalue weighted by Crippen LogP contribution is 2.26. The molecule has 6 nitrogen and oxygen atoms in total. The largest absolute Gasteiger partial charge is 0.479 e. The minimum absolute atomic E-state index is 0.126. The lowest BCUT2D eigenvalue weighted by molar-refractivity contribution is -0.146. The molecule has 0 spiro atoms. The quantitative estimate of drug-likeness (QED) is 0.751. The molecular formula is C17H21N3O3S. The molecule has 1 unspecified atom stereocenters. The van der Waals surface area contributed by atoms with E-state index in [4.69, 9.17) is 0 Å². The molecule has 1 amide bonds. The van der Waals surface area contributed by atoms with E-state index in [0.717, 1.165) is 4.90 Å². The Morgan fingerprint density at radius 1 is 1.33 bits per heavy atom. The Bertz CT molecular complexity index is 713. The molecule has 1 aromatic heterocycles. The first-order valence-electron chi connectivity index (χ1n) is 7.65. The summed E-state index contributed by atoms with van der Waals surface area (Å²) in [5.41, 5.74) is -0.687. The Labute approximate surface area is 145 Å². The number of hydrogen-bond acceptors (Lipinski definition) is 4. The number of aliphatic carboxylic acids is 1. The summed E-state index contributed by atoms with van der Waals surface area (Å²) in [6, 6.07) is 9.74. The van der Waals surface area contributed by atoms with Gasteiger partial charge in [0.15, 0.2) is 5.54 Å². The smallest absolute Gasteiger partial charge is 0.331 e. The van der Waals surface area contributed by atoms with Crippen LogP contribution in [0.25, 0.3) is 0 Å². The van der Waals surface area contributed by atoms with E-state index in [0.29, 0.717) is 12.1 Å². The number of carbonyl (C=O) groups is 2. The number of anilines is 1. The summed E-state index contributed by atoms with van der Waals surface area (Å²) in [5.74, 6) is -1.12. The fourth-order valence-corrected chi connectivity index (χ4v) is 2.97. The van der Waals surface area contributed by atoms with Crippen molar-refractivity contribution in [3.8, 4) is 0 Å². The summed E-state index contributed by atoms with van der Waals surface area (Å²) >= 11 is 1.50. The zero-order valence-electron chi connectivity index (χ0n) is 13.9. The number of carboxylic acids is 1. The van der Waals surface area contributed by atoms with Gasteiger partial charge in [-0.25, -0.2) is 4.79 Å². The third-order valence-electron chi connectivity index (χ3n) is 3.63. The van der Waals surface area contributed by atoms with Crippen LogP contribution in [-0.4, -0.2) is 32.0 Å². The van der Waals surface area contributed by atoms with E-state index in [1.54, 1.807) is 13.8 Å². The van der Waals surface area contributed by atoms with Gasteiger partial charge in [-0.1, -0.05) is 25.1 Å². The van der Waals surface area contributed by atoms with Crippen LogP contribution < -0.4 is 5.32 Å². The number of carboxylic acid groups (broad SMARTS) is 1. The van der Waals surface area contributed by atoms with Crippen LogP contribution in [0.4, 0.5) is 5.69 Å². The fraction of sp³-hybridized carbons (Fsp3) is 0.353. The topological polar surface area (TPSA) is 84.2 Å². The molecule has 0 aliphatic heterocycles. The van der Waals surface area contributed by atoms with Gasteiger partial charge in [-0.2, -0.15) is 5.10 Å². The minimum atomic E-state index is -1.17. The number of aromatic nitrogens is 2. The standard InChI is InChI=1S/C17H21N3O3S/c1-4-14(24-13-8-6-5-7-9-13)15(21)19-12-10-18-20(11-12)17(2,3)16(22)23/h5-11,14H,4H2,1-3H3,(H,19,21)(H,22,23). The molecule has 1 heterocycles. The van der Waals surface area contributed by atoms with Gasteiger partial charge in [0.05, 0.1) is 17.1 Å². The number of nitrogens with zero attached hydrogens (tertiary/aromatic N) is 2. The number of benzene rings is 1. The van der Waals surface area contributed by atoms with E-state index >= 15 is 0 Å². The van der Waals surface area contributed by atoms with Crippen molar-refractivity contribution in [2.45, 2.75) is 42.9 Å². The predicted molar refractivity (Wildman–Crippen MR) is 94.2 cm³/mol. The van der Waals surface area contributed by atoms with Crippen molar-refractivity contribution in [3.63, 3.8) is 0 Å². The molecule has 24 heavy (non-hydrogen) atoms. The maximum absolute atomic E-state index is 12.5. The third kappa shape index (κ3) is 4.17. The molecule has 1 aromatic carbocycles. The molecule has 1 atom stereocenters. The third-order valence-corrected chi connectivity index (χ3v) is 5.01. The van der Waals surface area contributed by atoms with Gasteiger partial charge in [0.1, 0.15) is 0 Å². The minimum Gasteiger partial charge on any atom is -0.479 e. The van der Waals surface area contributed by atoms with Gasteiger partial charge >= 0.3 is 5.97 Å². The van der Waals surface area contributed by atoms with Crippen LogP contribution in [-0.2, 0) is 15.1 Å². The zero-order chi connectivity index (χ0) is 17.7. The van der Waals surface area contributed by atoms with Crippen molar-refractivity contribution < 1.29 is 14.7 Å². The normalized spacial score (nSPS) is 12.6. The van der Waals surface area contributed by atoms with E-state index < -0.39 is 11.5 Å². The maximum Gasteiger partial charge on any atom is 0.331 e. The lowest BCUT2D eigenvalue weighted by Gasteiger charge is -2.19. The number of rotatable bonds is 7. The van der Waals surface area contributed by atoms with Crippen LogP contribution in [0.1, 0.15) is 27.2 Å². The molecule has 0 aliphatic carbocycles. The number of carbonyl (C=O) groups excluding carboxylic acids is 1. The van der Waals surface area contributed by atoms with E-state index in [9.17, 15) is 14.7 Å². The second-order valence-corrected chi connectivity index (χ2v) is 7.13. The lowest BCUT2D eigenvalue weighted by Crippen LogP contribution is -2.36. The van der Waals surface area contributed by atoms with Gasteiger partial charge in [-0.3, -0.25) is 9.48 Å². The van der Waals surface area contributed by atoms with Gasteiger partial charge in [0, 0.05) is 11.1 Å². The van der Waals surface area contributed by atoms with Gasteiger partial charge < -0.3 is 10.4 Å². The second-order valence-electron chi connectivity index (χ2n) is 5.85. The molecule has 0 bridgehead atoms. The van der Waals surface area contributed by atoms with Crippen molar-refractivity contribution in [2.75, 3.05) is 5.32 Å². The van der Waals surface area contributed by atoms with E-state index in [1.807, 2.05) is 37.3 Å². The molecular weight excluding hydrogens is 326 g/mol. The van der Waals surface area contributed by atoms with Crippen LogP contribution in [0.5, 0.6) is 0 Å². The Hall–Kier alpha value is -2.28. The highest BCUT2D eigenvalue weighted by atomic mass is 32.2. The Morgan fingerprint density at radius 2 is 2.00 bits per heavy atom. The molecule has 0 fully saturated rings. The average Bonchev–Trinajstić information content (AvgIpc) is 3.02. The first-order chi connectivity index (χ1) is 11.3. The molecule has 2 N–H and O–H groups in total. The summed E-state index contributed by atoms with van der Waals surface area (Å²) < 4.78 is 1.33. The summed E-state index contributed by atoms with van der Waals surface area (Å²) in [4.78, 5) is 24.7. The van der Waals surface area contributed by atoms with Crippen LogP contribution in [0.2, 0.25) is 0 Å². The average molecular weight is 347 g/mol. The Kier molecular flexibility index (Phi) is 5.66. The summed E-state index contributed by atoms with van der Waals surface area (Å²) in [5, 5.41) is 15.8. The van der Waals surface area contributed by atoms with Crippen molar-refractivity contribution in [1.29, 1.82) is 0 Å². The molecule has 0 radical (unpaired) electrons. The molecule has 0 aliphatic rings. The van der Waals surface area contributed by atoms with Gasteiger partial charge in [0.25, 0.3) is 0 Å². The zero-order valence-corrected chi connectivity index (χ0v) is 14.7. The van der Waals surface area contributed by atoms with E-state index in [1.165, 1.54) is 28.8 Å². The molecule has 128 valence electrons. The number of thioether (sulfide) groups is 1. The number of hydrogen-bond donors (Lipinski definition) is 2. The maximum atomic E-state index is 12.5. The molecule has 7 heteroatoms. The van der Waals surface area contributed by atoms with E-state index in [2.05, 4.69) is 10.4 Å². The first-order valence-corrected chi connectivity index (χ1v) is 8.53. The molecule has 0 saturated heterocycles. The van der Waals surface area contributed by atoms with Gasteiger partial charge in [-0.15, -0.1) is 11.8 Å². The van der Waals surface area contributed by atoms with Crippen LogP contribution >= 0.6 is 11.8 Å². The van der Waals surface area contributed by atoms with Gasteiger partial charge in [0.2, 0.25) is 5.91 Å². The molecule has 0 saturated carbocycles. The summed E-state index contributed by atoms with van der Waals surface area (Å²) in [6.07, 6.45) is 3.68. The second kappa shape index (κ2) is 7.53. The van der Waals surface area contributed by atoms with Crippen molar-refractivity contribution in [1.82, 2.24) is 9.78 Å². The van der Waals surface area contributed by atoms with Crippen molar-refractivity contribution in [2.24, 2.45) is 0 Å². The van der Waals surface area contributed by atoms with Crippen molar-refractivity contribution >= 4 is 29.3 Å². The lowest BCUT2D eigenvalue weighted by atomic mass is 10.1. The van der Waals surface area contributed by atoms with Crippen LogP contribution in [0.3, 0.4) is 0 Å². The SMILES string of the molecule is CCC(Sc1ccccc1)C(=O)Nc1cnn(C(C)(C)C(=O)O)c1. The molecule has 2 rings (SSSR count). The summed E-state index contributed by atoms with van der Waals surface area (Å²) in [7, 11) is 0. The number of nitrogens with one attached hydrogen (secondary N) is 1. The predicted octanol–water partition coefficient (Wildman–Crippen LogP) is 3.21. The first kappa shape index (κ1) is 18.1. The van der Waals surface area contributed by atoms with Crippen LogP contribution in [0, 0.1) is 0 Å². The fourth-order valence-electron chi connectivity index (χ4n) is 2.00. The Balaban J connectivity index is 2.06. The summed E-state index contributed by atoms with van der Waals surface area (Å²) in [6.45, 7) is 5.05. The van der Waals surface area contributed by atoms with Gasteiger partial charge in [-0.05, 0) is 32.4 Å². The number of amides is 1. The Morgan fingerprint density at radius 3 is 2.58 bits per heavy atom. The highest BCUT2D eigenvalue weighted by Gasteiger charge is 2.30. The molecule has 2 aromatic rings.